The second-order valence-corrected chi connectivity index (χ2v) is 6.39. The van der Waals surface area contributed by atoms with Crippen LogP contribution in [-0.2, 0) is 6.54 Å². The molecule has 1 aliphatic carbocycles. The van der Waals surface area contributed by atoms with E-state index < -0.39 is 0 Å². The van der Waals surface area contributed by atoms with E-state index in [4.69, 9.17) is 0 Å². The van der Waals surface area contributed by atoms with Crippen LogP contribution in [0.25, 0.3) is 0 Å². The lowest BCUT2D eigenvalue weighted by molar-refractivity contribution is 0.519. The molecule has 1 N–H and O–H groups in total. The number of benzene rings is 1. The fourth-order valence-electron chi connectivity index (χ4n) is 1.92. The minimum Gasteiger partial charge on any atom is -0.312 e. The fourth-order valence-corrected chi connectivity index (χ4v) is 2.28. The second-order valence-electron chi connectivity index (χ2n) is 5.15. The fraction of sp³-hybridized carbons (Fsp3) is 0.538. The third-order valence-corrected chi connectivity index (χ3v) is 4.07. The van der Waals surface area contributed by atoms with Crippen molar-refractivity contribution in [2.45, 2.75) is 26.8 Å². The van der Waals surface area contributed by atoms with Gasteiger partial charge in [0.2, 0.25) is 0 Å². The van der Waals surface area contributed by atoms with Gasteiger partial charge in [0.1, 0.15) is 0 Å². The predicted molar refractivity (Wildman–Crippen MR) is 72.8 cm³/mol. The van der Waals surface area contributed by atoms with E-state index in [0.29, 0.717) is 5.41 Å². The van der Waals surface area contributed by atoms with Crippen molar-refractivity contribution in [2.75, 3.05) is 6.54 Å². The van der Waals surface area contributed by atoms with Gasteiger partial charge in [0.25, 0.3) is 0 Å². The molecule has 2 rings (SSSR count). The molecule has 0 saturated heterocycles. The third-order valence-electron chi connectivity index (χ3n) is 3.35. The molecule has 15 heavy (non-hydrogen) atoms. The van der Waals surface area contributed by atoms with Crippen LogP contribution >= 0.6 is 22.6 Å². The number of nitrogens with one attached hydrogen (secondary N) is 1. The van der Waals surface area contributed by atoms with E-state index in [-0.39, 0.29) is 0 Å². The molecule has 0 aromatic heterocycles. The van der Waals surface area contributed by atoms with Gasteiger partial charge in [0.15, 0.2) is 0 Å². The van der Waals surface area contributed by atoms with Crippen molar-refractivity contribution in [3.05, 3.63) is 33.4 Å². The van der Waals surface area contributed by atoms with Gasteiger partial charge < -0.3 is 5.32 Å². The molecular weight excluding hydrogens is 297 g/mol. The van der Waals surface area contributed by atoms with Crippen LogP contribution < -0.4 is 5.32 Å². The number of rotatable bonds is 4. The first kappa shape index (κ1) is 11.4. The van der Waals surface area contributed by atoms with Gasteiger partial charge in [-0.1, -0.05) is 26.0 Å². The Morgan fingerprint density at radius 3 is 2.47 bits per heavy atom. The van der Waals surface area contributed by atoms with E-state index in [2.05, 4.69) is 66.0 Å². The van der Waals surface area contributed by atoms with Crippen molar-refractivity contribution < 1.29 is 0 Å². The van der Waals surface area contributed by atoms with Gasteiger partial charge in [-0.05, 0) is 64.6 Å². The molecule has 1 unspecified atom stereocenters. The van der Waals surface area contributed by atoms with Gasteiger partial charge in [0.05, 0.1) is 0 Å². The third kappa shape index (κ3) is 3.18. The zero-order valence-electron chi connectivity index (χ0n) is 9.39. The Kier molecular flexibility index (Phi) is 3.36. The Bertz CT molecular complexity index is 329. The maximum Gasteiger partial charge on any atom is 0.0205 e. The standard InChI is InChI=1S/C13H18IN/c1-13(2)7-11(13)9-15-8-10-3-5-12(14)6-4-10/h3-6,11,15H,7-9H2,1-2H3. The lowest BCUT2D eigenvalue weighted by Crippen LogP contribution is -2.17. The van der Waals surface area contributed by atoms with Crippen molar-refractivity contribution in [2.24, 2.45) is 11.3 Å². The molecule has 82 valence electrons. The Morgan fingerprint density at radius 1 is 1.33 bits per heavy atom. The summed E-state index contributed by atoms with van der Waals surface area (Å²) in [5.74, 6) is 0.890. The predicted octanol–water partition coefficient (Wildman–Crippen LogP) is 3.43. The number of hydrogen-bond donors (Lipinski definition) is 1. The van der Waals surface area contributed by atoms with Crippen LogP contribution in [0.3, 0.4) is 0 Å². The molecule has 0 heterocycles. The van der Waals surface area contributed by atoms with Crippen LogP contribution in [0.2, 0.25) is 0 Å². The number of hydrogen-bond acceptors (Lipinski definition) is 1. The summed E-state index contributed by atoms with van der Waals surface area (Å²) in [6.45, 7) is 6.87. The Hall–Kier alpha value is -0.0900. The molecule has 1 aromatic rings. The molecule has 2 heteroatoms. The van der Waals surface area contributed by atoms with Gasteiger partial charge in [0, 0.05) is 10.1 Å². The highest BCUT2D eigenvalue weighted by molar-refractivity contribution is 14.1. The molecule has 0 bridgehead atoms. The first-order valence-electron chi connectivity index (χ1n) is 5.53. The molecule has 0 spiro atoms. The van der Waals surface area contributed by atoms with Gasteiger partial charge in [-0.15, -0.1) is 0 Å². The summed E-state index contributed by atoms with van der Waals surface area (Å²) in [7, 11) is 0. The highest BCUT2D eigenvalue weighted by Crippen LogP contribution is 2.50. The van der Waals surface area contributed by atoms with E-state index in [9.17, 15) is 0 Å². The smallest absolute Gasteiger partial charge is 0.0205 e. The van der Waals surface area contributed by atoms with Crippen LogP contribution in [0, 0.1) is 14.9 Å². The molecule has 1 aromatic carbocycles. The van der Waals surface area contributed by atoms with E-state index >= 15 is 0 Å². The maximum absolute atomic E-state index is 3.54. The molecule has 1 saturated carbocycles. The Balaban J connectivity index is 1.72. The zero-order valence-corrected chi connectivity index (χ0v) is 11.5. The summed E-state index contributed by atoms with van der Waals surface area (Å²) in [4.78, 5) is 0. The van der Waals surface area contributed by atoms with Crippen LogP contribution in [0.4, 0.5) is 0 Å². The molecule has 0 aliphatic heterocycles. The lowest BCUT2D eigenvalue weighted by Gasteiger charge is -2.06. The molecule has 0 amide bonds. The zero-order chi connectivity index (χ0) is 10.9. The monoisotopic (exact) mass is 315 g/mol. The van der Waals surface area contributed by atoms with Crippen molar-refractivity contribution in [3.63, 3.8) is 0 Å². The van der Waals surface area contributed by atoms with Gasteiger partial charge in [-0.3, -0.25) is 0 Å². The minimum absolute atomic E-state index is 0.596. The average Bonchev–Trinajstić information content (AvgIpc) is 2.78. The summed E-state index contributed by atoms with van der Waals surface area (Å²) < 4.78 is 1.31. The second kappa shape index (κ2) is 4.42. The summed E-state index contributed by atoms with van der Waals surface area (Å²) in [5.41, 5.74) is 1.98. The van der Waals surface area contributed by atoms with Crippen LogP contribution in [-0.4, -0.2) is 6.54 Å². The average molecular weight is 315 g/mol. The summed E-state index contributed by atoms with van der Waals surface area (Å²) in [6.07, 6.45) is 1.38. The van der Waals surface area contributed by atoms with E-state index in [1.807, 2.05) is 0 Å². The SMILES string of the molecule is CC1(C)CC1CNCc1ccc(I)cc1. The molecule has 1 fully saturated rings. The van der Waals surface area contributed by atoms with Crippen LogP contribution in [0.5, 0.6) is 0 Å². The van der Waals surface area contributed by atoms with E-state index in [0.717, 1.165) is 12.5 Å². The number of halogens is 1. The minimum atomic E-state index is 0.596. The van der Waals surface area contributed by atoms with Gasteiger partial charge in [-0.2, -0.15) is 0 Å². The van der Waals surface area contributed by atoms with Crippen molar-refractivity contribution in [3.8, 4) is 0 Å². The summed E-state index contributed by atoms with van der Waals surface area (Å²) in [5, 5.41) is 3.54. The largest absolute Gasteiger partial charge is 0.312 e. The highest BCUT2D eigenvalue weighted by Gasteiger charge is 2.44. The molecule has 1 nitrogen and oxygen atoms in total. The quantitative estimate of drug-likeness (QED) is 0.840. The molecule has 0 radical (unpaired) electrons. The molecule has 1 aliphatic rings. The molecular formula is C13H18IN. The van der Waals surface area contributed by atoms with Gasteiger partial charge >= 0.3 is 0 Å². The first-order valence-corrected chi connectivity index (χ1v) is 6.61. The van der Waals surface area contributed by atoms with E-state index in [1.54, 1.807) is 0 Å². The van der Waals surface area contributed by atoms with Gasteiger partial charge in [-0.25, -0.2) is 0 Å². The van der Waals surface area contributed by atoms with Crippen molar-refractivity contribution in [1.29, 1.82) is 0 Å². The Labute approximate surface area is 106 Å². The van der Waals surface area contributed by atoms with Crippen LogP contribution in [0.1, 0.15) is 25.8 Å². The topological polar surface area (TPSA) is 12.0 Å². The normalized spacial score (nSPS) is 22.7. The Morgan fingerprint density at radius 2 is 1.93 bits per heavy atom. The van der Waals surface area contributed by atoms with Crippen LogP contribution in [0.15, 0.2) is 24.3 Å². The highest BCUT2D eigenvalue weighted by atomic mass is 127. The summed E-state index contributed by atoms with van der Waals surface area (Å²) in [6, 6.07) is 8.73. The summed E-state index contributed by atoms with van der Waals surface area (Å²) >= 11 is 2.34. The lowest BCUT2D eigenvalue weighted by atomic mass is 10.1. The maximum atomic E-state index is 3.54. The van der Waals surface area contributed by atoms with Crippen molar-refractivity contribution in [1.82, 2.24) is 5.32 Å². The van der Waals surface area contributed by atoms with Crippen molar-refractivity contribution >= 4 is 22.6 Å². The first-order chi connectivity index (χ1) is 7.08. The van der Waals surface area contributed by atoms with E-state index in [1.165, 1.54) is 22.1 Å². The molecule has 1 atom stereocenters.